The van der Waals surface area contributed by atoms with Crippen molar-refractivity contribution in [3.8, 4) is 0 Å². The number of aryl methyl sites for hydroxylation is 1. The van der Waals surface area contributed by atoms with Crippen molar-refractivity contribution in [2.45, 2.75) is 27.3 Å². The van der Waals surface area contributed by atoms with Crippen LogP contribution in [0.3, 0.4) is 0 Å². The molecule has 0 aliphatic carbocycles. The number of carboxylic acids is 1. The predicted molar refractivity (Wildman–Crippen MR) is 69.0 cm³/mol. The summed E-state index contributed by atoms with van der Waals surface area (Å²) in [5.41, 5.74) is 2.11. The number of rotatable bonds is 5. The zero-order valence-corrected chi connectivity index (χ0v) is 10.9. The number of nitrogens with one attached hydrogen (secondary N) is 1. The summed E-state index contributed by atoms with van der Waals surface area (Å²) in [7, 11) is 0. The molecule has 2 N–H and O–H groups in total. The molecule has 0 radical (unpaired) electrons. The van der Waals surface area contributed by atoms with Gasteiger partial charge in [0.2, 0.25) is 5.91 Å². The molecule has 0 saturated carbocycles. The average molecular weight is 249 g/mol. The molecule has 4 nitrogen and oxygen atoms in total. The fourth-order valence-electron chi connectivity index (χ4n) is 1.71. The topological polar surface area (TPSA) is 66.4 Å². The molecule has 18 heavy (non-hydrogen) atoms. The van der Waals surface area contributed by atoms with E-state index in [-0.39, 0.29) is 5.92 Å². The van der Waals surface area contributed by atoms with Crippen molar-refractivity contribution in [2.24, 2.45) is 11.8 Å². The van der Waals surface area contributed by atoms with E-state index in [1.54, 1.807) is 13.8 Å². The molecule has 0 bridgehead atoms. The third-order valence-electron chi connectivity index (χ3n) is 2.80. The molecular formula is C14H19NO3. The monoisotopic (exact) mass is 249 g/mol. The molecule has 1 amide bonds. The van der Waals surface area contributed by atoms with Crippen molar-refractivity contribution in [3.05, 3.63) is 35.4 Å². The van der Waals surface area contributed by atoms with Gasteiger partial charge >= 0.3 is 5.97 Å². The first-order chi connectivity index (χ1) is 8.41. The number of hydrogen-bond acceptors (Lipinski definition) is 2. The van der Waals surface area contributed by atoms with Gasteiger partial charge in [0, 0.05) is 6.54 Å². The summed E-state index contributed by atoms with van der Waals surface area (Å²) in [6.45, 7) is 5.80. The van der Waals surface area contributed by atoms with Gasteiger partial charge in [-0.25, -0.2) is 0 Å². The fraction of sp³-hybridized carbons (Fsp3) is 0.429. The number of amides is 1. The number of benzene rings is 1. The molecule has 0 spiro atoms. The Morgan fingerprint density at radius 1 is 1.22 bits per heavy atom. The van der Waals surface area contributed by atoms with Crippen LogP contribution in [0.2, 0.25) is 0 Å². The first-order valence-corrected chi connectivity index (χ1v) is 5.98. The molecule has 0 heterocycles. The minimum atomic E-state index is -1.08. The Morgan fingerprint density at radius 3 is 2.22 bits per heavy atom. The van der Waals surface area contributed by atoms with Crippen molar-refractivity contribution in [1.29, 1.82) is 0 Å². The molecule has 1 rings (SSSR count). The van der Waals surface area contributed by atoms with Gasteiger partial charge in [-0.3, -0.25) is 9.59 Å². The Bertz CT molecular complexity index is 423. The largest absolute Gasteiger partial charge is 0.481 e. The molecule has 0 aliphatic heterocycles. The summed E-state index contributed by atoms with van der Waals surface area (Å²) in [5.74, 6) is -2.72. The van der Waals surface area contributed by atoms with E-state index in [0.717, 1.165) is 11.1 Å². The standard InChI is InChI=1S/C14H19NO3/c1-9(2)12(14(17)18)13(16)15-8-11-6-4-10(3)5-7-11/h4-7,9,12H,8H2,1-3H3,(H,15,16)(H,17,18). The quantitative estimate of drug-likeness (QED) is 0.784. The SMILES string of the molecule is Cc1ccc(CNC(=O)C(C(=O)O)C(C)C)cc1. The highest BCUT2D eigenvalue weighted by molar-refractivity contribution is 5.97. The van der Waals surface area contributed by atoms with Crippen LogP contribution in [0.1, 0.15) is 25.0 Å². The predicted octanol–water partition coefficient (Wildman–Crippen LogP) is 1.97. The Balaban J connectivity index is 2.59. The van der Waals surface area contributed by atoms with Crippen LogP contribution in [0.25, 0.3) is 0 Å². The van der Waals surface area contributed by atoms with Crippen LogP contribution in [0.15, 0.2) is 24.3 Å². The Labute approximate surface area is 107 Å². The smallest absolute Gasteiger partial charge is 0.316 e. The number of carbonyl (C=O) groups excluding carboxylic acids is 1. The van der Waals surface area contributed by atoms with Crippen molar-refractivity contribution in [1.82, 2.24) is 5.32 Å². The van der Waals surface area contributed by atoms with Crippen molar-refractivity contribution in [2.75, 3.05) is 0 Å². The van der Waals surface area contributed by atoms with E-state index in [2.05, 4.69) is 5.32 Å². The van der Waals surface area contributed by atoms with E-state index in [0.29, 0.717) is 6.54 Å². The van der Waals surface area contributed by atoms with Gasteiger partial charge in [-0.1, -0.05) is 43.7 Å². The molecular weight excluding hydrogens is 230 g/mol. The number of hydrogen-bond donors (Lipinski definition) is 2. The molecule has 0 aliphatic rings. The lowest BCUT2D eigenvalue weighted by Crippen LogP contribution is -2.38. The maximum atomic E-state index is 11.8. The Morgan fingerprint density at radius 2 is 1.78 bits per heavy atom. The molecule has 1 aromatic carbocycles. The van der Waals surface area contributed by atoms with Gasteiger partial charge in [0.25, 0.3) is 0 Å². The summed E-state index contributed by atoms with van der Waals surface area (Å²) in [5, 5.41) is 11.6. The second-order valence-electron chi connectivity index (χ2n) is 4.76. The van der Waals surface area contributed by atoms with Gasteiger partial charge in [-0.05, 0) is 18.4 Å². The Kier molecular flexibility index (Phi) is 4.89. The lowest BCUT2D eigenvalue weighted by Gasteiger charge is -2.15. The minimum absolute atomic E-state index is 0.222. The van der Waals surface area contributed by atoms with E-state index in [1.807, 2.05) is 31.2 Å². The van der Waals surface area contributed by atoms with Crippen LogP contribution in [0.5, 0.6) is 0 Å². The molecule has 1 atom stereocenters. The summed E-state index contributed by atoms with van der Waals surface area (Å²) in [6, 6.07) is 7.75. The highest BCUT2D eigenvalue weighted by Gasteiger charge is 2.29. The minimum Gasteiger partial charge on any atom is -0.481 e. The van der Waals surface area contributed by atoms with Crippen LogP contribution < -0.4 is 5.32 Å². The Hall–Kier alpha value is -1.84. The van der Waals surface area contributed by atoms with Crippen LogP contribution in [0.4, 0.5) is 0 Å². The molecule has 98 valence electrons. The van der Waals surface area contributed by atoms with Crippen LogP contribution in [-0.2, 0) is 16.1 Å². The third kappa shape index (κ3) is 3.87. The molecule has 4 heteroatoms. The molecule has 0 aromatic heterocycles. The molecule has 0 fully saturated rings. The van der Waals surface area contributed by atoms with Crippen LogP contribution in [0, 0.1) is 18.8 Å². The van der Waals surface area contributed by atoms with E-state index in [4.69, 9.17) is 5.11 Å². The first kappa shape index (κ1) is 14.2. The van der Waals surface area contributed by atoms with E-state index >= 15 is 0 Å². The van der Waals surface area contributed by atoms with Crippen molar-refractivity contribution >= 4 is 11.9 Å². The van der Waals surface area contributed by atoms with Crippen molar-refractivity contribution < 1.29 is 14.7 Å². The van der Waals surface area contributed by atoms with Gasteiger partial charge in [0.15, 0.2) is 0 Å². The highest BCUT2D eigenvalue weighted by Crippen LogP contribution is 2.11. The first-order valence-electron chi connectivity index (χ1n) is 5.98. The number of carboxylic acid groups (broad SMARTS) is 1. The van der Waals surface area contributed by atoms with E-state index in [1.165, 1.54) is 0 Å². The second-order valence-corrected chi connectivity index (χ2v) is 4.76. The lowest BCUT2D eigenvalue weighted by atomic mass is 9.95. The summed E-state index contributed by atoms with van der Waals surface area (Å²) >= 11 is 0. The maximum absolute atomic E-state index is 11.8. The van der Waals surface area contributed by atoms with Gasteiger partial charge in [0.05, 0.1) is 0 Å². The molecule has 1 unspecified atom stereocenters. The zero-order valence-electron chi connectivity index (χ0n) is 10.9. The van der Waals surface area contributed by atoms with Crippen LogP contribution >= 0.6 is 0 Å². The van der Waals surface area contributed by atoms with E-state index < -0.39 is 17.8 Å². The summed E-state index contributed by atoms with van der Waals surface area (Å²) < 4.78 is 0. The zero-order chi connectivity index (χ0) is 13.7. The second kappa shape index (κ2) is 6.19. The van der Waals surface area contributed by atoms with Gasteiger partial charge < -0.3 is 10.4 Å². The molecule has 1 aromatic rings. The third-order valence-corrected chi connectivity index (χ3v) is 2.80. The number of aliphatic carboxylic acids is 1. The van der Waals surface area contributed by atoms with Crippen LogP contribution in [-0.4, -0.2) is 17.0 Å². The van der Waals surface area contributed by atoms with Gasteiger partial charge in [0.1, 0.15) is 5.92 Å². The fourth-order valence-corrected chi connectivity index (χ4v) is 1.71. The number of carbonyl (C=O) groups is 2. The average Bonchev–Trinajstić information content (AvgIpc) is 2.27. The highest BCUT2D eigenvalue weighted by atomic mass is 16.4. The lowest BCUT2D eigenvalue weighted by molar-refractivity contribution is -0.148. The summed E-state index contributed by atoms with van der Waals surface area (Å²) in [6.07, 6.45) is 0. The van der Waals surface area contributed by atoms with Crippen molar-refractivity contribution in [3.63, 3.8) is 0 Å². The molecule has 0 saturated heterocycles. The van der Waals surface area contributed by atoms with E-state index in [9.17, 15) is 9.59 Å². The van der Waals surface area contributed by atoms with Gasteiger partial charge in [-0.2, -0.15) is 0 Å². The maximum Gasteiger partial charge on any atom is 0.316 e. The summed E-state index contributed by atoms with van der Waals surface area (Å²) in [4.78, 5) is 22.8. The van der Waals surface area contributed by atoms with Gasteiger partial charge in [-0.15, -0.1) is 0 Å². The normalized spacial score (nSPS) is 12.2.